The summed E-state index contributed by atoms with van der Waals surface area (Å²) in [7, 11) is 1.62. The van der Waals surface area contributed by atoms with Crippen molar-refractivity contribution in [2.45, 2.75) is 12.6 Å². The minimum Gasteiger partial charge on any atom is -0.497 e. The highest BCUT2D eigenvalue weighted by Crippen LogP contribution is 2.28. The number of carbonyl (C=O) groups excluding carboxylic acids is 2. The second-order valence-electron chi connectivity index (χ2n) is 7.41. The number of amides is 2. The molecule has 0 aromatic heterocycles. The van der Waals surface area contributed by atoms with E-state index < -0.39 is 0 Å². The number of imide groups is 1. The van der Waals surface area contributed by atoms with Gasteiger partial charge in [0.2, 0.25) is 0 Å². The molecule has 0 N–H and O–H groups in total. The molecule has 0 spiro atoms. The first kappa shape index (κ1) is 20.5. The average molecular weight is 416 g/mol. The molecular weight excluding hydrogens is 392 g/mol. The fourth-order valence-electron chi connectivity index (χ4n) is 3.97. The number of benzene rings is 2. The van der Waals surface area contributed by atoms with Crippen LogP contribution in [0.5, 0.6) is 5.75 Å². The Morgan fingerprint density at radius 3 is 2.32 bits per heavy atom. The third-order valence-corrected chi connectivity index (χ3v) is 5.68. The molecule has 7 nitrogen and oxygen atoms in total. The standard InChI is InChI=1S/C24H24N4O3/c1-4-16-15-28(17-9-11-18(31-3)12-10-17)21(26-22(16)25-2)13-14-27-23(29)19-7-5-6-8-20(19)24(27)30/h4-12,16,22H,1-2,13-15H2,3H3. The lowest BCUT2D eigenvalue weighted by atomic mass is 10.0. The van der Waals surface area contributed by atoms with Crippen LogP contribution >= 0.6 is 0 Å². The van der Waals surface area contributed by atoms with Crippen LogP contribution in [-0.2, 0) is 0 Å². The summed E-state index contributed by atoms with van der Waals surface area (Å²) in [6, 6.07) is 14.6. The molecule has 0 saturated heterocycles. The Hall–Kier alpha value is -3.74. The first-order valence-corrected chi connectivity index (χ1v) is 10.1. The van der Waals surface area contributed by atoms with Crippen LogP contribution in [0.15, 0.2) is 71.2 Å². The molecule has 0 saturated carbocycles. The number of methoxy groups -OCH3 is 1. The van der Waals surface area contributed by atoms with Crippen LogP contribution in [0.3, 0.4) is 0 Å². The van der Waals surface area contributed by atoms with Crippen molar-refractivity contribution in [2.75, 3.05) is 25.1 Å². The average Bonchev–Trinajstić information content (AvgIpc) is 3.07. The minimum atomic E-state index is -0.343. The van der Waals surface area contributed by atoms with Gasteiger partial charge in [0, 0.05) is 31.1 Å². The zero-order chi connectivity index (χ0) is 22.0. The van der Waals surface area contributed by atoms with Gasteiger partial charge in [0.1, 0.15) is 17.8 Å². The summed E-state index contributed by atoms with van der Waals surface area (Å²) in [5.41, 5.74) is 1.83. The molecule has 0 bridgehead atoms. The molecule has 2 heterocycles. The van der Waals surface area contributed by atoms with E-state index in [1.54, 1.807) is 31.4 Å². The number of hydrogen-bond donors (Lipinski definition) is 0. The maximum Gasteiger partial charge on any atom is 0.261 e. The third kappa shape index (κ3) is 3.74. The van der Waals surface area contributed by atoms with E-state index in [1.165, 1.54) is 4.90 Å². The normalized spacial score (nSPS) is 20.4. The predicted molar refractivity (Wildman–Crippen MR) is 121 cm³/mol. The molecule has 4 rings (SSSR count). The monoisotopic (exact) mass is 416 g/mol. The molecule has 2 aromatic rings. The highest BCUT2D eigenvalue weighted by molar-refractivity contribution is 6.21. The fraction of sp³-hybridized carbons (Fsp3) is 0.250. The van der Waals surface area contributed by atoms with E-state index in [0.29, 0.717) is 24.1 Å². The Bertz CT molecular complexity index is 1030. The van der Waals surface area contributed by atoms with E-state index in [2.05, 4.69) is 23.2 Å². The summed E-state index contributed by atoms with van der Waals surface area (Å²) in [6.07, 6.45) is 1.90. The third-order valence-electron chi connectivity index (χ3n) is 5.68. The van der Waals surface area contributed by atoms with Crippen LogP contribution in [-0.4, -0.2) is 55.6 Å². The molecule has 2 aromatic carbocycles. The molecule has 7 heteroatoms. The summed E-state index contributed by atoms with van der Waals surface area (Å²) >= 11 is 0. The molecule has 158 valence electrons. The van der Waals surface area contributed by atoms with Crippen molar-refractivity contribution in [2.24, 2.45) is 15.9 Å². The first-order chi connectivity index (χ1) is 15.1. The molecule has 2 amide bonds. The van der Waals surface area contributed by atoms with Crippen molar-refractivity contribution in [1.29, 1.82) is 0 Å². The summed E-state index contributed by atoms with van der Waals surface area (Å²) < 4.78 is 5.26. The van der Waals surface area contributed by atoms with Gasteiger partial charge in [0.25, 0.3) is 11.8 Å². The molecule has 2 unspecified atom stereocenters. The van der Waals surface area contributed by atoms with Gasteiger partial charge >= 0.3 is 0 Å². The van der Waals surface area contributed by atoms with E-state index in [9.17, 15) is 9.59 Å². The van der Waals surface area contributed by atoms with Gasteiger partial charge in [-0.3, -0.25) is 19.5 Å². The lowest BCUT2D eigenvalue weighted by Crippen LogP contribution is -2.45. The summed E-state index contributed by atoms with van der Waals surface area (Å²) in [5, 5.41) is 0. The van der Waals surface area contributed by atoms with Crippen molar-refractivity contribution in [1.82, 2.24) is 4.90 Å². The molecule has 0 fully saturated rings. The van der Waals surface area contributed by atoms with Crippen LogP contribution in [0.2, 0.25) is 0 Å². The SMILES string of the molecule is C=CC1CN(c2ccc(OC)cc2)C(CCN2C(=O)c3ccccc3C2=O)=NC1N=C. The minimum absolute atomic E-state index is 0.00246. The Labute approximate surface area is 181 Å². The smallest absolute Gasteiger partial charge is 0.261 e. The number of anilines is 1. The number of rotatable bonds is 7. The van der Waals surface area contributed by atoms with Crippen molar-refractivity contribution < 1.29 is 14.3 Å². The van der Waals surface area contributed by atoms with E-state index in [0.717, 1.165) is 17.3 Å². The van der Waals surface area contributed by atoms with Gasteiger partial charge in [-0.2, -0.15) is 0 Å². The largest absolute Gasteiger partial charge is 0.497 e. The van der Waals surface area contributed by atoms with Crippen LogP contribution in [0, 0.1) is 5.92 Å². The lowest BCUT2D eigenvalue weighted by molar-refractivity contribution is 0.0658. The zero-order valence-corrected chi connectivity index (χ0v) is 17.4. The van der Waals surface area contributed by atoms with Crippen LogP contribution in [0.25, 0.3) is 0 Å². The van der Waals surface area contributed by atoms with Gasteiger partial charge in [0.05, 0.1) is 18.2 Å². The molecule has 2 aliphatic rings. The first-order valence-electron chi connectivity index (χ1n) is 10.1. The van der Waals surface area contributed by atoms with E-state index >= 15 is 0 Å². The fourth-order valence-corrected chi connectivity index (χ4v) is 3.97. The summed E-state index contributed by atoms with van der Waals surface area (Å²) in [5.74, 6) is 0.974. The zero-order valence-electron chi connectivity index (χ0n) is 17.4. The van der Waals surface area contributed by atoms with Gasteiger partial charge in [-0.15, -0.1) is 6.58 Å². The van der Waals surface area contributed by atoms with E-state index in [4.69, 9.17) is 9.73 Å². The van der Waals surface area contributed by atoms with Crippen LogP contribution < -0.4 is 9.64 Å². The number of carbonyl (C=O) groups is 2. The second kappa shape index (κ2) is 8.55. The number of amidine groups is 1. The summed E-state index contributed by atoms with van der Waals surface area (Å²) in [4.78, 5) is 37.7. The Morgan fingerprint density at radius 2 is 1.77 bits per heavy atom. The number of fused-ring (bicyclic) bond motifs is 1. The van der Waals surface area contributed by atoms with Crippen molar-refractivity contribution in [3.8, 4) is 5.75 Å². The Balaban J connectivity index is 1.59. The van der Waals surface area contributed by atoms with Crippen molar-refractivity contribution in [3.05, 3.63) is 72.3 Å². The number of nitrogens with zero attached hydrogens (tertiary/aromatic N) is 4. The molecule has 0 radical (unpaired) electrons. The molecular formula is C24H24N4O3. The number of hydrogen-bond acceptors (Lipinski definition) is 6. The van der Waals surface area contributed by atoms with Gasteiger partial charge in [0.15, 0.2) is 0 Å². The quantitative estimate of drug-likeness (QED) is 0.394. The van der Waals surface area contributed by atoms with Crippen LogP contribution in [0.4, 0.5) is 5.69 Å². The van der Waals surface area contributed by atoms with Crippen molar-refractivity contribution >= 4 is 30.1 Å². The van der Waals surface area contributed by atoms with Gasteiger partial charge < -0.3 is 9.64 Å². The maximum atomic E-state index is 12.7. The van der Waals surface area contributed by atoms with Gasteiger partial charge in [-0.1, -0.05) is 18.2 Å². The van der Waals surface area contributed by atoms with Gasteiger partial charge in [-0.25, -0.2) is 4.99 Å². The van der Waals surface area contributed by atoms with E-state index in [1.807, 2.05) is 30.3 Å². The number of aliphatic imine (C=N–C) groups is 2. The molecule has 2 aliphatic heterocycles. The van der Waals surface area contributed by atoms with Crippen molar-refractivity contribution in [3.63, 3.8) is 0 Å². The van der Waals surface area contributed by atoms with E-state index in [-0.39, 0.29) is 30.4 Å². The Morgan fingerprint density at radius 1 is 1.13 bits per heavy atom. The maximum absolute atomic E-state index is 12.7. The second-order valence-corrected chi connectivity index (χ2v) is 7.41. The molecule has 2 atom stereocenters. The lowest BCUT2D eigenvalue weighted by Gasteiger charge is -2.36. The highest BCUT2D eigenvalue weighted by Gasteiger charge is 2.36. The topological polar surface area (TPSA) is 74.6 Å². The van der Waals surface area contributed by atoms with Gasteiger partial charge in [-0.05, 0) is 43.1 Å². The summed E-state index contributed by atoms with van der Waals surface area (Å²) in [6.45, 7) is 8.44. The number of ether oxygens (including phenoxy) is 1. The predicted octanol–water partition coefficient (Wildman–Crippen LogP) is 3.43. The molecule has 31 heavy (non-hydrogen) atoms. The molecule has 0 aliphatic carbocycles. The Kier molecular flexibility index (Phi) is 5.66. The van der Waals surface area contributed by atoms with Crippen LogP contribution in [0.1, 0.15) is 27.1 Å². The highest BCUT2D eigenvalue weighted by atomic mass is 16.5.